The average Bonchev–Trinajstić information content (AvgIpc) is 2.88. The lowest BCUT2D eigenvalue weighted by molar-refractivity contribution is -0.203. The van der Waals surface area contributed by atoms with Gasteiger partial charge in [0, 0.05) is 25.2 Å². The van der Waals surface area contributed by atoms with Crippen LogP contribution in [0.1, 0.15) is 36.2 Å². The van der Waals surface area contributed by atoms with Crippen molar-refractivity contribution in [3.05, 3.63) is 41.5 Å². The second kappa shape index (κ2) is 9.20. The molecule has 2 aromatic carbocycles. The van der Waals surface area contributed by atoms with Gasteiger partial charge in [-0.15, -0.1) is 0 Å². The number of anilines is 2. The third-order valence-electron chi connectivity index (χ3n) is 9.71. The molecule has 42 heavy (non-hydrogen) atoms. The van der Waals surface area contributed by atoms with Crippen LogP contribution in [0.4, 0.5) is 11.4 Å². The van der Waals surface area contributed by atoms with Gasteiger partial charge in [-0.05, 0) is 67.2 Å². The van der Waals surface area contributed by atoms with Crippen molar-refractivity contribution in [2.24, 2.45) is 28.4 Å². The number of primary amides is 1. The normalized spacial score (nSPS) is 32.3. The van der Waals surface area contributed by atoms with Crippen LogP contribution in [0.25, 0.3) is 11.1 Å². The van der Waals surface area contributed by atoms with E-state index in [1.165, 1.54) is 11.8 Å². The summed E-state index contributed by atoms with van der Waals surface area (Å²) in [6, 6.07) is 7.91. The maximum atomic E-state index is 14.4. The van der Waals surface area contributed by atoms with Gasteiger partial charge in [-0.2, -0.15) is 0 Å². The average molecular weight is 577 g/mol. The zero-order chi connectivity index (χ0) is 31.3. The Kier molecular flexibility index (Phi) is 6.44. The third kappa shape index (κ3) is 3.62. The molecule has 0 saturated heterocycles. The number of phenolic OH excluding ortho intramolecular Hbond substituents is 1. The van der Waals surface area contributed by atoms with E-state index in [4.69, 9.17) is 11.5 Å². The van der Waals surface area contributed by atoms with Crippen LogP contribution in [0, 0.1) is 22.7 Å². The first kappa shape index (κ1) is 29.4. The van der Waals surface area contributed by atoms with Gasteiger partial charge < -0.3 is 26.6 Å². The Bertz CT molecular complexity index is 1580. The Labute approximate surface area is 243 Å². The molecule has 6 N–H and O–H groups in total. The van der Waals surface area contributed by atoms with E-state index in [1.807, 2.05) is 43.3 Å². The summed E-state index contributed by atoms with van der Waals surface area (Å²) in [5, 5.41) is 23.1. The first-order valence-electron chi connectivity index (χ1n) is 13.7. The number of benzene rings is 2. The number of hydrogen-bond donors (Lipinski definition) is 4. The SMILES string of the molecule is CN(C)c1ccc(-c2cc(N)c(O)c3c2C[C@@]2(C)C[C@@]4(C)[C@H](N(C)C)C(=O)C(C(N)=O)C(=O)[C@@]4(O)C(=O)C2C3=O)cc1. The molecule has 2 unspecified atom stereocenters. The van der Waals surface area contributed by atoms with E-state index in [9.17, 15) is 34.2 Å². The van der Waals surface area contributed by atoms with Crippen LogP contribution < -0.4 is 16.4 Å². The zero-order valence-corrected chi connectivity index (χ0v) is 24.5. The smallest absolute Gasteiger partial charge is 0.235 e. The van der Waals surface area contributed by atoms with Crippen molar-refractivity contribution in [1.29, 1.82) is 0 Å². The molecule has 0 spiro atoms. The Morgan fingerprint density at radius 2 is 1.60 bits per heavy atom. The van der Waals surface area contributed by atoms with Gasteiger partial charge in [0.1, 0.15) is 5.75 Å². The molecular weight excluding hydrogens is 540 g/mol. The topological polar surface area (TPSA) is 184 Å². The van der Waals surface area contributed by atoms with Crippen molar-refractivity contribution < 1.29 is 34.2 Å². The number of fused-ring (bicyclic) bond motifs is 3. The quantitative estimate of drug-likeness (QED) is 0.232. The van der Waals surface area contributed by atoms with Gasteiger partial charge >= 0.3 is 0 Å². The Morgan fingerprint density at radius 1 is 1.00 bits per heavy atom. The largest absolute Gasteiger partial charge is 0.505 e. The molecule has 3 aliphatic carbocycles. The number of ketones is 4. The number of carbonyl (C=O) groups excluding carboxylic acids is 5. The number of aliphatic hydroxyl groups is 1. The molecule has 1 amide bonds. The molecule has 3 aliphatic rings. The van der Waals surface area contributed by atoms with E-state index in [-0.39, 0.29) is 24.1 Å². The summed E-state index contributed by atoms with van der Waals surface area (Å²) in [5.74, 6) is -9.35. The van der Waals surface area contributed by atoms with E-state index in [1.54, 1.807) is 27.1 Å². The number of carbonyl (C=O) groups is 5. The molecule has 0 radical (unpaired) electrons. The fourth-order valence-corrected chi connectivity index (χ4v) is 8.00. The van der Waals surface area contributed by atoms with Gasteiger partial charge in [0.05, 0.1) is 23.2 Å². The van der Waals surface area contributed by atoms with Gasteiger partial charge in [-0.1, -0.05) is 26.0 Å². The second-order valence-corrected chi connectivity index (χ2v) is 12.9. The summed E-state index contributed by atoms with van der Waals surface area (Å²) >= 11 is 0. The highest BCUT2D eigenvalue weighted by Crippen LogP contribution is 2.62. The van der Waals surface area contributed by atoms with Crippen LogP contribution in [-0.4, -0.2) is 84.0 Å². The highest BCUT2D eigenvalue weighted by atomic mass is 16.3. The lowest BCUT2D eigenvalue weighted by Crippen LogP contribution is -2.79. The van der Waals surface area contributed by atoms with E-state index < -0.39 is 69.1 Å². The minimum absolute atomic E-state index is 0.0648. The molecule has 0 heterocycles. The summed E-state index contributed by atoms with van der Waals surface area (Å²) in [6.07, 6.45) is 0.0184. The molecule has 222 valence electrons. The summed E-state index contributed by atoms with van der Waals surface area (Å²) < 4.78 is 0. The van der Waals surface area contributed by atoms with Crippen molar-refractivity contribution in [3.8, 4) is 16.9 Å². The second-order valence-electron chi connectivity index (χ2n) is 12.9. The Balaban J connectivity index is 1.74. The van der Waals surface area contributed by atoms with Crippen molar-refractivity contribution in [2.75, 3.05) is 38.8 Å². The molecule has 0 aromatic heterocycles. The van der Waals surface area contributed by atoms with Gasteiger partial charge in [0.25, 0.3) is 0 Å². The van der Waals surface area contributed by atoms with Crippen molar-refractivity contribution >= 4 is 40.4 Å². The number of Topliss-reactive ketones (excluding diaryl/α,β-unsaturated/α-hetero) is 4. The number of phenols is 1. The van der Waals surface area contributed by atoms with Crippen LogP contribution in [-0.2, 0) is 25.6 Å². The molecular formula is C31H36N4O7. The highest BCUT2D eigenvalue weighted by molar-refractivity contribution is 6.33. The van der Waals surface area contributed by atoms with E-state index in [2.05, 4.69) is 0 Å². The lowest BCUT2D eigenvalue weighted by atomic mass is 9.42. The summed E-state index contributed by atoms with van der Waals surface area (Å²) in [4.78, 5) is 71.5. The molecule has 2 saturated carbocycles. The van der Waals surface area contributed by atoms with Crippen molar-refractivity contribution in [2.45, 2.75) is 38.3 Å². The minimum atomic E-state index is -2.85. The summed E-state index contributed by atoms with van der Waals surface area (Å²) in [7, 11) is 6.92. The molecule has 0 bridgehead atoms. The standard InChI is InChI=1S/C31H36N4O7/c1-29-12-17-16(14-7-9-15(10-8-14)34(3)4)11-18(32)22(36)19(17)23(37)21(29)27(40)31(42)26(39)20(28(33)41)24(38)25(35(5)6)30(31,2)13-29/h7-11,20-21,25,36,42H,12-13,32H2,1-6H3,(H2,33,41)/t20?,21?,25-,29+,30+,31-/m1/s1. The maximum Gasteiger partial charge on any atom is 0.235 e. The molecule has 5 rings (SSSR count). The van der Waals surface area contributed by atoms with Gasteiger partial charge in [0.2, 0.25) is 5.91 Å². The van der Waals surface area contributed by atoms with Crippen molar-refractivity contribution in [3.63, 3.8) is 0 Å². The number of nitrogens with two attached hydrogens (primary N) is 2. The molecule has 2 fully saturated rings. The van der Waals surface area contributed by atoms with Crippen LogP contribution in [0.15, 0.2) is 30.3 Å². The number of hydrogen-bond acceptors (Lipinski definition) is 10. The number of rotatable bonds is 4. The Hall–Kier alpha value is -4.09. The number of aromatic hydroxyl groups is 1. The lowest BCUT2D eigenvalue weighted by Gasteiger charge is -2.61. The fourth-order valence-electron chi connectivity index (χ4n) is 8.00. The molecule has 2 aromatic rings. The predicted octanol–water partition coefficient (Wildman–Crippen LogP) is 0.962. The minimum Gasteiger partial charge on any atom is -0.505 e. The summed E-state index contributed by atoms with van der Waals surface area (Å²) in [5.41, 5.74) is 8.43. The van der Waals surface area contributed by atoms with Gasteiger partial charge in [-0.3, -0.25) is 28.9 Å². The zero-order valence-electron chi connectivity index (χ0n) is 24.5. The molecule has 11 nitrogen and oxygen atoms in total. The van der Waals surface area contributed by atoms with Crippen LogP contribution in [0.5, 0.6) is 5.75 Å². The maximum absolute atomic E-state index is 14.4. The molecule has 6 atom stereocenters. The molecule has 11 heteroatoms. The fraction of sp³-hybridized carbons (Fsp3) is 0.452. The summed E-state index contributed by atoms with van der Waals surface area (Å²) in [6.45, 7) is 3.20. The van der Waals surface area contributed by atoms with Gasteiger partial charge in [0.15, 0.2) is 34.7 Å². The van der Waals surface area contributed by atoms with E-state index in [0.717, 1.165) is 11.3 Å². The van der Waals surface area contributed by atoms with Gasteiger partial charge in [-0.25, -0.2) is 0 Å². The number of nitrogen functional groups attached to an aromatic ring is 1. The third-order valence-corrected chi connectivity index (χ3v) is 9.71. The van der Waals surface area contributed by atoms with Crippen LogP contribution in [0.2, 0.25) is 0 Å². The monoisotopic (exact) mass is 576 g/mol. The van der Waals surface area contributed by atoms with E-state index >= 15 is 0 Å². The first-order valence-corrected chi connectivity index (χ1v) is 13.7. The van der Waals surface area contributed by atoms with Crippen LogP contribution in [0.3, 0.4) is 0 Å². The number of nitrogens with zero attached hydrogens (tertiary/aromatic N) is 2. The predicted molar refractivity (Wildman–Crippen MR) is 155 cm³/mol. The molecule has 0 aliphatic heterocycles. The number of likely N-dealkylation sites (N-methyl/N-ethyl adjacent to an activating group) is 1. The van der Waals surface area contributed by atoms with Crippen molar-refractivity contribution in [1.82, 2.24) is 4.90 Å². The highest BCUT2D eigenvalue weighted by Gasteiger charge is 2.76. The van der Waals surface area contributed by atoms with Crippen LogP contribution >= 0.6 is 0 Å². The first-order chi connectivity index (χ1) is 19.4. The Morgan fingerprint density at radius 3 is 2.12 bits per heavy atom. The number of amides is 1. The van der Waals surface area contributed by atoms with E-state index in [0.29, 0.717) is 11.1 Å².